The summed E-state index contributed by atoms with van der Waals surface area (Å²) in [5, 5.41) is 40.4. The van der Waals surface area contributed by atoms with Crippen molar-refractivity contribution in [2.24, 2.45) is 0 Å². The number of carbonyl (C=O) groups is 2. The molecule has 4 aromatic heterocycles. The maximum atomic E-state index is 13.8. The van der Waals surface area contributed by atoms with Crippen molar-refractivity contribution in [1.29, 1.82) is 21.0 Å². The molecular weight excluding hydrogens is 947 g/mol. The van der Waals surface area contributed by atoms with Crippen molar-refractivity contribution in [3.05, 3.63) is 145 Å². The first-order valence-electron chi connectivity index (χ1n) is 19.3. The molecule has 0 unspecified atom stereocenters. The summed E-state index contributed by atoms with van der Waals surface area (Å²) in [5.74, 6) is -0.648. The van der Waals surface area contributed by atoms with Crippen molar-refractivity contribution in [3.63, 3.8) is 0 Å². The number of aryl methyl sites for hydroxylation is 2. The lowest BCUT2D eigenvalue weighted by Gasteiger charge is -2.19. The van der Waals surface area contributed by atoms with Gasteiger partial charge < -0.3 is 0 Å². The van der Waals surface area contributed by atoms with Crippen molar-refractivity contribution in [3.8, 4) is 53.5 Å². The zero-order valence-corrected chi connectivity index (χ0v) is 39.7. The summed E-state index contributed by atoms with van der Waals surface area (Å²) in [7, 11) is 0. The van der Waals surface area contributed by atoms with Crippen molar-refractivity contribution in [1.82, 2.24) is 0 Å². The van der Waals surface area contributed by atoms with Gasteiger partial charge in [-0.15, -0.1) is 45.3 Å². The zero-order valence-electron chi connectivity index (χ0n) is 33.4. The largest absolute Gasteiger partial charge is 0.289 e. The molecule has 0 spiro atoms. The Hall–Kier alpha value is -5.34. The molecule has 6 nitrogen and oxygen atoms in total. The average Bonchev–Trinajstić information content (AvgIpc) is 4.13. The summed E-state index contributed by atoms with van der Waals surface area (Å²) in [6.07, 6.45) is 5.03. The highest BCUT2D eigenvalue weighted by Gasteiger charge is 2.41. The quantitative estimate of drug-likeness (QED) is 0.121. The van der Waals surface area contributed by atoms with Crippen LogP contribution >= 0.6 is 91.8 Å². The lowest BCUT2D eigenvalue weighted by atomic mass is 9.83. The van der Waals surface area contributed by atoms with Crippen molar-refractivity contribution in [2.45, 2.75) is 46.0 Å². The van der Waals surface area contributed by atoms with Gasteiger partial charge in [0.15, 0.2) is 11.6 Å². The molecule has 9 rings (SSSR count). The Morgan fingerprint density at radius 2 is 0.889 bits per heavy atom. The van der Waals surface area contributed by atoms with Crippen molar-refractivity contribution >= 4 is 127 Å². The Morgan fingerprint density at radius 3 is 1.22 bits per heavy atom. The van der Waals surface area contributed by atoms with E-state index in [1.54, 1.807) is 69.6 Å². The predicted octanol–water partition coefficient (Wildman–Crippen LogP) is 15.5. The van der Waals surface area contributed by atoms with E-state index in [1.165, 1.54) is 33.0 Å². The molecule has 0 saturated heterocycles. The predicted molar refractivity (Wildman–Crippen MR) is 259 cm³/mol. The first kappa shape index (κ1) is 42.9. The number of hydrogen-bond acceptors (Lipinski definition) is 10. The number of benzene rings is 2. The van der Waals surface area contributed by atoms with Crippen LogP contribution in [0.2, 0.25) is 20.1 Å². The number of Topliss-reactive ketones (excluding diaryl/α,β-unsaturated/α-hetero) is 2. The first-order chi connectivity index (χ1) is 30.2. The third-order valence-electron chi connectivity index (χ3n) is 11.6. The summed E-state index contributed by atoms with van der Waals surface area (Å²) >= 11 is 31.9. The van der Waals surface area contributed by atoms with Crippen LogP contribution in [0.25, 0.3) is 52.6 Å². The monoisotopic (exact) mass is 970 g/mol. The zero-order chi connectivity index (χ0) is 44.8. The van der Waals surface area contributed by atoms with Crippen molar-refractivity contribution in [2.75, 3.05) is 0 Å². The lowest BCUT2D eigenvalue weighted by Crippen LogP contribution is -2.13. The van der Waals surface area contributed by atoms with E-state index in [9.17, 15) is 30.6 Å². The van der Waals surface area contributed by atoms with Gasteiger partial charge in [-0.2, -0.15) is 21.0 Å². The van der Waals surface area contributed by atoms with Crippen LogP contribution in [-0.2, 0) is 18.3 Å². The van der Waals surface area contributed by atoms with Crippen LogP contribution in [0, 0.1) is 45.3 Å². The topological polar surface area (TPSA) is 129 Å². The summed E-state index contributed by atoms with van der Waals surface area (Å²) in [4.78, 5) is 36.1. The fourth-order valence-corrected chi connectivity index (χ4v) is 14.6. The molecule has 2 aromatic carbocycles. The number of fused-ring (bicyclic) bond motifs is 5. The Kier molecular flexibility index (Phi) is 10.9. The number of ketones is 2. The highest BCUT2D eigenvalue weighted by Crippen LogP contribution is 2.59. The molecule has 6 aromatic rings. The van der Waals surface area contributed by atoms with Gasteiger partial charge in [0, 0.05) is 77.9 Å². The summed E-state index contributed by atoms with van der Waals surface area (Å²) in [6.45, 7) is 8.68. The fraction of sp³-hybridized carbons (Fsp3) is 0.143. The molecule has 3 aliphatic rings. The van der Waals surface area contributed by atoms with E-state index in [-0.39, 0.29) is 70.5 Å². The van der Waals surface area contributed by atoms with Gasteiger partial charge in [0.25, 0.3) is 0 Å². The highest BCUT2D eigenvalue weighted by atomic mass is 35.5. The second kappa shape index (κ2) is 16.0. The number of nitrogens with zero attached hydrogens (tertiary/aromatic N) is 4. The number of hydrogen-bond donors (Lipinski definition) is 0. The van der Waals surface area contributed by atoms with E-state index in [0.29, 0.717) is 22.3 Å². The standard InChI is InChI=1S/C49H26Cl4N4O2S4/c1-5-21-7-25(9-31-41(23(17-54)18-55)27-11-35(50)37(52)13-29(27)43(31)58)60-45(21)39-15-33-47(62-39)48-34(49(33,3)4)16-40(63-48)46-22(6-2)8-26(61-46)10-32-42(24(19-56)20-57)28-12-36(51)38(53)14-30(28)44(32)59/h7-16H,5-6H2,1-4H3/b31-9-,32-10-. The van der Waals surface area contributed by atoms with E-state index in [0.717, 1.165) is 53.2 Å². The van der Waals surface area contributed by atoms with Crippen molar-refractivity contribution < 1.29 is 9.59 Å². The molecule has 306 valence electrons. The van der Waals surface area contributed by atoms with Gasteiger partial charge in [0.1, 0.15) is 35.4 Å². The van der Waals surface area contributed by atoms with Crippen LogP contribution in [0.1, 0.15) is 91.5 Å². The minimum atomic E-state index is -0.324. The number of rotatable bonds is 6. The third kappa shape index (κ3) is 6.72. The average molecular weight is 973 g/mol. The lowest BCUT2D eigenvalue weighted by molar-refractivity contribution is 0.103. The van der Waals surface area contributed by atoms with Crippen LogP contribution in [0.4, 0.5) is 0 Å². The molecule has 0 atom stereocenters. The summed E-state index contributed by atoms with van der Waals surface area (Å²) < 4.78 is 0. The van der Waals surface area contributed by atoms with E-state index in [4.69, 9.17) is 46.4 Å². The molecule has 0 bridgehead atoms. The SMILES string of the molecule is CCc1cc(/C=C2\C(=O)c3cc(Cl)c(Cl)cc3C2=C(C#N)C#N)sc1-c1cc2c(s1)-c1sc(-c3sc(/C=C4\C(=O)c5cc(Cl)c(Cl)cc5C4=C(C#N)C#N)cc3CC)cc1C2(C)C. The molecule has 0 aliphatic heterocycles. The minimum Gasteiger partial charge on any atom is -0.289 e. The Labute approximate surface area is 398 Å². The van der Waals surface area contributed by atoms with E-state index in [1.807, 2.05) is 24.3 Å². The molecule has 3 aliphatic carbocycles. The number of halogens is 4. The smallest absolute Gasteiger partial charge is 0.194 e. The molecule has 0 saturated carbocycles. The van der Waals surface area contributed by atoms with Crippen LogP contribution < -0.4 is 0 Å². The van der Waals surface area contributed by atoms with Gasteiger partial charge in [0.2, 0.25) is 0 Å². The van der Waals surface area contributed by atoms with Crippen LogP contribution in [0.5, 0.6) is 0 Å². The fourth-order valence-electron chi connectivity index (χ4n) is 8.46. The first-order valence-corrected chi connectivity index (χ1v) is 24.1. The molecule has 0 radical (unpaired) electrons. The molecule has 4 heterocycles. The summed E-state index contributed by atoms with van der Waals surface area (Å²) in [5.41, 5.74) is 6.54. The molecular formula is C49H26Cl4N4O2S4. The van der Waals surface area contributed by atoms with Gasteiger partial charge in [-0.05, 0) is 107 Å². The molecule has 0 N–H and O–H groups in total. The van der Waals surface area contributed by atoms with Gasteiger partial charge in [0.05, 0.1) is 20.1 Å². The van der Waals surface area contributed by atoms with Gasteiger partial charge >= 0.3 is 0 Å². The maximum Gasteiger partial charge on any atom is 0.194 e. The van der Waals surface area contributed by atoms with Gasteiger partial charge in [-0.3, -0.25) is 9.59 Å². The number of carbonyl (C=O) groups excluding carboxylic acids is 2. The van der Waals surface area contributed by atoms with E-state index < -0.39 is 0 Å². The second-order valence-electron chi connectivity index (χ2n) is 15.4. The molecule has 14 heteroatoms. The normalized spacial score (nSPS) is 15.6. The molecule has 63 heavy (non-hydrogen) atoms. The molecule has 0 amide bonds. The second-order valence-corrected chi connectivity index (χ2v) is 21.3. The van der Waals surface area contributed by atoms with E-state index >= 15 is 0 Å². The summed E-state index contributed by atoms with van der Waals surface area (Å²) in [6, 6.07) is 22.6. The Bertz CT molecular complexity index is 3170. The van der Waals surface area contributed by atoms with E-state index in [2.05, 4.69) is 52.0 Å². The maximum absolute atomic E-state index is 13.8. The minimum absolute atomic E-state index is 0.174. The Balaban J connectivity index is 1.09. The van der Waals surface area contributed by atoms with Crippen LogP contribution in [0.3, 0.4) is 0 Å². The number of thiophene rings is 4. The third-order valence-corrected chi connectivity index (χ3v) is 18.1. The van der Waals surface area contributed by atoms with Gasteiger partial charge in [-0.25, -0.2) is 0 Å². The Morgan fingerprint density at radius 1 is 0.540 bits per heavy atom. The highest BCUT2D eigenvalue weighted by molar-refractivity contribution is 7.29. The number of nitriles is 4. The van der Waals surface area contributed by atoms with Crippen LogP contribution in [-0.4, -0.2) is 11.6 Å². The van der Waals surface area contributed by atoms with Gasteiger partial charge in [-0.1, -0.05) is 74.1 Å². The molecule has 0 fully saturated rings. The van der Waals surface area contributed by atoms with Crippen LogP contribution in [0.15, 0.2) is 70.8 Å². The number of allylic oxidation sites excluding steroid dienone is 6.